The molecule has 0 radical (unpaired) electrons. The number of alkyl halides is 1. The third kappa shape index (κ3) is 2.78. The summed E-state index contributed by atoms with van der Waals surface area (Å²) in [4.78, 5) is 14.6. The van der Waals surface area contributed by atoms with E-state index in [1.807, 2.05) is 0 Å². The second kappa shape index (κ2) is 5.60. The van der Waals surface area contributed by atoms with Gasteiger partial charge in [0.1, 0.15) is 0 Å². The second-order valence-corrected chi connectivity index (χ2v) is 6.28. The number of carbonyl (C=O) groups excluding carboxylic acids is 1. The zero-order valence-corrected chi connectivity index (χ0v) is 11.7. The van der Waals surface area contributed by atoms with Gasteiger partial charge in [0.05, 0.1) is 0 Å². The van der Waals surface area contributed by atoms with Gasteiger partial charge in [-0.1, -0.05) is 13.8 Å². The first-order valence-electron chi connectivity index (χ1n) is 7.00. The number of hydrogen-bond donors (Lipinski definition) is 0. The maximum absolute atomic E-state index is 12.5. The molecule has 3 heteroatoms. The Kier molecular flexibility index (Phi) is 4.35. The molecule has 0 N–H and O–H groups in total. The minimum Gasteiger partial charge on any atom is -0.338 e. The Hall–Kier alpha value is -0.240. The van der Waals surface area contributed by atoms with Gasteiger partial charge in [-0.3, -0.25) is 4.79 Å². The quantitative estimate of drug-likeness (QED) is 0.696. The normalized spacial score (nSPS) is 38.4. The molecule has 0 aromatic rings. The highest BCUT2D eigenvalue weighted by Gasteiger charge is 2.37. The molecule has 2 unspecified atom stereocenters. The lowest BCUT2D eigenvalue weighted by Crippen LogP contribution is -2.42. The molecule has 2 atom stereocenters. The van der Waals surface area contributed by atoms with Crippen LogP contribution in [0.2, 0.25) is 0 Å². The number of likely N-dealkylation sites (tertiary alicyclic amines) is 1. The molecule has 1 saturated carbocycles. The van der Waals surface area contributed by atoms with Crippen LogP contribution >= 0.6 is 11.6 Å². The van der Waals surface area contributed by atoms with Crippen molar-refractivity contribution in [3.63, 3.8) is 0 Å². The summed E-state index contributed by atoms with van der Waals surface area (Å²) in [6.07, 6.45) is 5.71. The van der Waals surface area contributed by atoms with Gasteiger partial charge in [0.2, 0.25) is 5.91 Å². The average Bonchev–Trinajstić information content (AvgIpc) is 2.70. The molecular weight excluding hydrogens is 234 g/mol. The highest BCUT2D eigenvalue weighted by molar-refractivity contribution is 6.18. The minimum absolute atomic E-state index is 0.280. The van der Waals surface area contributed by atoms with Crippen LogP contribution in [0.5, 0.6) is 0 Å². The monoisotopic (exact) mass is 257 g/mol. The standard InChI is InChI=1S/C14H24ClNO/c1-10-3-5-12(6-4-10)14(17)16-8-7-11(2)13(16)9-15/h10-13H,3-9H2,1-2H3. The molecule has 1 heterocycles. The van der Waals surface area contributed by atoms with Gasteiger partial charge in [0.15, 0.2) is 0 Å². The predicted octanol–water partition coefficient (Wildman–Crippen LogP) is 3.29. The van der Waals surface area contributed by atoms with Gasteiger partial charge in [-0.15, -0.1) is 11.6 Å². The Morgan fingerprint density at radius 2 is 1.82 bits per heavy atom. The largest absolute Gasteiger partial charge is 0.338 e. The van der Waals surface area contributed by atoms with E-state index in [2.05, 4.69) is 18.7 Å². The molecular formula is C14H24ClNO. The van der Waals surface area contributed by atoms with E-state index in [1.54, 1.807) is 0 Å². The number of carbonyl (C=O) groups is 1. The van der Waals surface area contributed by atoms with Crippen molar-refractivity contribution in [2.45, 2.75) is 52.0 Å². The average molecular weight is 258 g/mol. The molecule has 1 saturated heterocycles. The topological polar surface area (TPSA) is 20.3 Å². The molecule has 0 aromatic carbocycles. The number of amides is 1. The number of halogens is 1. The summed E-state index contributed by atoms with van der Waals surface area (Å²) >= 11 is 6.01. The summed E-state index contributed by atoms with van der Waals surface area (Å²) in [5, 5.41) is 0. The van der Waals surface area contributed by atoms with Crippen molar-refractivity contribution in [2.24, 2.45) is 17.8 Å². The SMILES string of the molecule is CC1CCC(C(=O)N2CCC(C)C2CCl)CC1. The van der Waals surface area contributed by atoms with E-state index in [4.69, 9.17) is 11.6 Å². The van der Waals surface area contributed by atoms with Crippen LogP contribution in [0.15, 0.2) is 0 Å². The van der Waals surface area contributed by atoms with E-state index in [9.17, 15) is 4.79 Å². The van der Waals surface area contributed by atoms with E-state index >= 15 is 0 Å². The highest BCUT2D eigenvalue weighted by Crippen LogP contribution is 2.33. The van der Waals surface area contributed by atoms with Crippen molar-refractivity contribution >= 4 is 17.5 Å². The van der Waals surface area contributed by atoms with Crippen molar-refractivity contribution in [1.82, 2.24) is 4.90 Å². The molecule has 1 amide bonds. The van der Waals surface area contributed by atoms with Crippen LogP contribution in [0.3, 0.4) is 0 Å². The van der Waals surface area contributed by atoms with Gasteiger partial charge in [0, 0.05) is 24.4 Å². The van der Waals surface area contributed by atoms with E-state index in [0.29, 0.717) is 17.7 Å². The van der Waals surface area contributed by atoms with E-state index in [0.717, 1.165) is 31.7 Å². The Morgan fingerprint density at radius 3 is 2.41 bits per heavy atom. The van der Waals surface area contributed by atoms with Crippen LogP contribution < -0.4 is 0 Å². The molecule has 98 valence electrons. The second-order valence-electron chi connectivity index (χ2n) is 5.98. The molecule has 17 heavy (non-hydrogen) atoms. The summed E-state index contributed by atoms with van der Waals surface area (Å²) in [7, 11) is 0. The summed E-state index contributed by atoms with van der Waals surface area (Å²) in [6, 6.07) is 0.281. The van der Waals surface area contributed by atoms with Crippen molar-refractivity contribution in [3.05, 3.63) is 0 Å². The van der Waals surface area contributed by atoms with E-state index in [1.165, 1.54) is 12.8 Å². The molecule has 2 rings (SSSR count). The maximum Gasteiger partial charge on any atom is 0.225 e. The van der Waals surface area contributed by atoms with E-state index < -0.39 is 0 Å². The fourth-order valence-corrected chi connectivity index (χ4v) is 3.73. The predicted molar refractivity (Wildman–Crippen MR) is 71.1 cm³/mol. The smallest absolute Gasteiger partial charge is 0.225 e. The lowest BCUT2D eigenvalue weighted by Gasteiger charge is -2.32. The fourth-order valence-electron chi connectivity index (χ4n) is 3.26. The first-order chi connectivity index (χ1) is 8.13. The molecule has 1 aliphatic carbocycles. The molecule has 2 fully saturated rings. The first kappa shape index (κ1) is 13.2. The summed E-state index contributed by atoms with van der Waals surface area (Å²) in [5.74, 6) is 2.63. The van der Waals surface area contributed by atoms with Crippen LogP contribution in [0, 0.1) is 17.8 Å². The molecule has 0 aromatic heterocycles. The summed E-state index contributed by atoms with van der Waals surface area (Å²) in [6.45, 7) is 5.42. The van der Waals surface area contributed by atoms with E-state index in [-0.39, 0.29) is 12.0 Å². The van der Waals surface area contributed by atoms with Crippen LogP contribution in [0.1, 0.15) is 46.0 Å². The van der Waals surface area contributed by atoms with Crippen LogP contribution in [-0.4, -0.2) is 29.3 Å². The number of nitrogens with zero attached hydrogens (tertiary/aromatic N) is 1. The summed E-state index contributed by atoms with van der Waals surface area (Å²) < 4.78 is 0. The van der Waals surface area contributed by atoms with Gasteiger partial charge < -0.3 is 4.90 Å². The Labute approximate surface area is 110 Å². The van der Waals surface area contributed by atoms with Gasteiger partial charge in [-0.2, -0.15) is 0 Å². The van der Waals surface area contributed by atoms with Crippen molar-refractivity contribution < 1.29 is 4.79 Å². The highest BCUT2D eigenvalue weighted by atomic mass is 35.5. The van der Waals surface area contributed by atoms with Gasteiger partial charge >= 0.3 is 0 Å². The molecule has 2 nitrogen and oxygen atoms in total. The third-order valence-corrected chi connectivity index (χ3v) is 5.00. The Bertz CT molecular complexity index is 273. The van der Waals surface area contributed by atoms with Crippen LogP contribution in [0.25, 0.3) is 0 Å². The molecule has 0 bridgehead atoms. The number of rotatable bonds is 2. The molecule has 0 spiro atoms. The third-order valence-electron chi connectivity index (χ3n) is 4.69. The maximum atomic E-state index is 12.5. The lowest BCUT2D eigenvalue weighted by molar-refractivity contribution is -0.137. The minimum atomic E-state index is 0.280. The van der Waals surface area contributed by atoms with Crippen LogP contribution in [0.4, 0.5) is 0 Å². The van der Waals surface area contributed by atoms with Gasteiger partial charge in [0.25, 0.3) is 0 Å². The first-order valence-corrected chi connectivity index (χ1v) is 7.53. The van der Waals surface area contributed by atoms with Crippen molar-refractivity contribution in [3.8, 4) is 0 Å². The van der Waals surface area contributed by atoms with Crippen molar-refractivity contribution in [2.75, 3.05) is 12.4 Å². The molecule has 1 aliphatic heterocycles. The molecule has 2 aliphatic rings. The Balaban J connectivity index is 1.95. The zero-order chi connectivity index (χ0) is 12.4. The lowest BCUT2D eigenvalue weighted by atomic mass is 9.82. The zero-order valence-electron chi connectivity index (χ0n) is 11.0. The Morgan fingerprint density at radius 1 is 1.18 bits per heavy atom. The van der Waals surface area contributed by atoms with Crippen molar-refractivity contribution in [1.29, 1.82) is 0 Å². The van der Waals surface area contributed by atoms with Gasteiger partial charge in [-0.05, 0) is 43.9 Å². The summed E-state index contributed by atoms with van der Waals surface area (Å²) in [5.41, 5.74) is 0. The van der Waals surface area contributed by atoms with Gasteiger partial charge in [-0.25, -0.2) is 0 Å². The van der Waals surface area contributed by atoms with Crippen LogP contribution in [-0.2, 0) is 4.79 Å². The fraction of sp³-hybridized carbons (Fsp3) is 0.929. The number of hydrogen-bond acceptors (Lipinski definition) is 1.